The van der Waals surface area contributed by atoms with E-state index in [4.69, 9.17) is 9.97 Å². The molecule has 0 atom stereocenters. The fourth-order valence-electron chi connectivity index (χ4n) is 10.3. The van der Waals surface area contributed by atoms with Crippen molar-refractivity contribution in [2.24, 2.45) is 0 Å². The summed E-state index contributed by atoms with van der Waals surface area (Å²) in [5, 5.41) is 14.7. The van der Waals surface area contributed by atoms with Crippen molar-refractivity contribution in [2.75, 3.05) is 0 Å². The van der Waals surface area contributed by atoms with Gasteiger partial charge >= 0.3 is 0 Å². The van der Waals surface area contributed by atoms with Crippen LogP contribution in [0.3, 0.4) is 0 Å². The second-order valence-electron chi connectivity index (χ2n) is 15.3. The highest BCUT2D eigenvalue weighted by atomic mass is 15.2. The van der Waals surface area contributed by atoms with Gasteiger partial charge in [-0.05, 0) is 70.1 Å². The van der Waals surface area contributed by atoms with Gasteiger partial charge < -0.3 is 4.40 Å². The molecule has 5 heterocycles. The van der Waals surface area contributed by atoms with Crippen molar-refractivity contribution in [2.45, 2.75) is 0 Å². The van der Waals surface area contributed by atoms with Crippen LogP contribution in [0.4, 0.5) is 0 Å². The van der Waals surface area contributed by atoms with Gasteiger partial charge in [-0.25, -0.2) is 9.97 Å². The summed E-state index contributed by atoms with van der Waals surface area (Å²) >= 11 is 0. The highest BCUT2D eigenvalue weighted by molar-refractivity contribution is 6.38. The van der Waals surface area contributed by atoms with E-state index < -0.39 is 0 Å². The van der Waals surface area contributed by atoms with Crippen LogP contribution in [0.2, 0.25) is 0 Å². The Labute approximate surface area is 324 Å². The third-order valence-electron chi connectivity index (χ3n) is 12.5. The summed E-state index contributed by atoms with van der Waals surface area (Å²) in [6, 6.07) is 63.7. The first-order valence-corrected chi connectivity index (χ1v) is 19.5. The maximum Gasteiger partial charge on any atom is 0.182 e. The van der Waals surface area contributed by atoms with Gasteiger partial charge in [-0.1, -0.05) is 127 Å². The van der Waals surface area contributed by atoms with E-state index in [0.29, 0.717) is 0 Å². The minimum atomic E-state index is 0.793. The van der Waals surface area contributed by atoms with Crippen LogP contribution in [0, 0.1) is 0 Å². The van der Waals surface area contributed by atoms with Gasteiger partial charge in [-0.15, -0.1) is 0 Å². The SMILES string of the molecule is c1ccc2c(c1)ccc1c2c2ccccc2n1-c1nc2ccccc2nc1-n1c2ccc3ccccc3c2c2c3c4ccccc4n4c5ccccc5c(cc21)c34. The zero-order chi connectivity index (χ0) is 36.9. The predicted molar refractivity (Wildman–Crippen MR) is 238 cm³/mol. The molecule has 5 heteroatoms. The Balaban J connectivity index is 1.25. The molecular weight excluding hydrogens is 695 g/mol. The number of nitrogens with zero attached hydrogens (tertiary/aromatic N) is 5. The van der Waals surface area contributed by atoms with Crippen molar-refractivity contribution in [3.05, 3.63) is 176 Å². The Hall–Kier alpha value is -7.76. The second-order valence-corrected chi connectivity index (χ2v) is 15.3. The summed E-state index contributed by atoms with van der Waals surface area (Å²) in [6.07, 6.45) is 0. The first kappa shape index (κ1) is 29.6. The topological polar surface area (TPSA) is 40.0 Å². The molecule has 0 bridgehead atoms. The van der Waals surface area contributed by atoms with Crippen LogP contribution in [0.5, 0.6) is 0 Å². The van der Waals surface area contributed by atoms with Gasteiger partial charge in [-0.3, -0.25) is 9.13 Å². The molecule has 0 unspecified atom stereocenters. The molecule has 0 fully saturated rings. The number of para-hydroxylation sites is 5. The van der Waals surface area contributed by atoms with Crippen molar-refractivity contribution in [3.63, 3.8) is 0 Å². The predicted octanol–water partition coefficient (Wildman–Crippen LogP) is 13.3. The molecule has 0 aliphatic rings. The molecule has 262 valence electrons. The van der Waals surface area contributed by atoms with Crippen molar-refractivity contribution >= 4 is 114 Å². The van der Waals surface area contributed by atoms with E-state index >= 15 is 0 Å². The summed E-state index contributed by atoms with van der Waals surface area (Å²) < 4.78 is 7.24. The van der Waals surface area contributed by atoms with Crippen molar-refractivity contribution < 1.29 is 0 Å². The number of hydrogen-bond acceptors (Lipinski definition) is 2. The van der Waals surface area contributed by atoms with E-state index in [9.17, 15) is 0 Å². The number of benzene rings is 9. The molecule has 0 saturated heterocycles. The zero-order valence-electron chi connectivity index (χ0n) is 30.5. The van der Waals surface area contributed by atoms with E-state index in [-0.39, 0.29) is 0 Å². The second kappa shape index (κ2) is 10.5. The highest BCUT2D eigenvalue weighted by Gasteiger charge is 2.28. The Bertz CT molecular complexity index is 4050. The fraction of sp³-hybridized carbons (Fsp3) is 0. The zero-order valence-corrected chi connectivity index (χ0v) is 30.5. The minimum Gasteiger partial charge on any atom is -0.308 e. The lowest BCUT2D eigenvalue weighted by atomic mass is 9.99. The van der Waals surface area contributed by atoms with E-state index in [0.717, 1.165) is 44.7 Å². The van der Waals surface area contributed by atoms with Gasteiger partial charge in [0.25, 0.3) is 0 Å². The lowest BCUT2D eigenvalue weighted by Crippen LogP contribution is -2.09. The third kappa shape index (κ3) is 3.64. The normalized spacial score (nSPS) is 12.6. The molecule has 0 N–H and O–H groups in total. The third-order valence-corrected chi connectivity index (χ3v) is 12.5. The first-order valence-electron chi connectivity index (χ1n) is 19.5. The largest absolute Gasteiger partial charge is 0.308 e. The molecule has 0 spiro atoms. The molecule has 14 aromatic rings. The smallest absolute Gasteiger partial charge is 0.182 e. The number of hydrogen-bond donors (Lipinski definition) is 0. The van der Waals surface area contributed by atoms with Crippen LogP contribution in [-0.4, -0.2) is 23.5 Å². The quantitative estimate of drug-likeness (QED) is 0.178. The Kier molecular flexibility index (Phi) is 5.45. The first-order chi connectivity index (χ1) is 28.3. The van der Waals surface area contributed by atoms with Crippen LogP contribution in [0.1, 0.15) is 0 Å². The van der Waals surface area contributed by atoms with E-state index in [1.165, 1.54) is 81.2 Å². The molecule has 14 rings (SSSR count). The Morgan fingerprint density at radius 2 is 0.772 bits per heavy atom. The van der Waals surface area contributed by atoms with Crippen LogP contribution in [-0.2, 0) is 0 Å². The lowest BCUT2D eigenvalue weighted by molar-refractivity contribution is 0.996. The molecule has 0 amide bonds. The molecule has 9 aromatic carbocycles. The van der Waals surface area contributed by atoms with Crippen molar-refractivity contribution in [1.82, 2.24) is 23.5 Å². The highest BCUT2D eigenvalue weighted by Crippen LogP contribution is 2.48. The summed E-state index contributed by atoms with van der Waals surface area (Å²) in [4.78, 5) is 11.2. The minimum absolute atomic E-state index is 0.793. The molecular formula is C52H29N5. The molecule has 57 heavy (non-hydrogen) atoms. The van der Waals surface area contributed by atoms with Gasteiger partial charge in [0.15, 0.2) is 11.6 Å². The number of rotatable bonds is 2. The molecule has 5 aromatic heterocycles. The van der Waals surface area contributed by atoms with Gasteiger partial charge in [-0.2, -0.15) is 0 Å². The average Bonchev–Trinajstić information content (AvgIpc) is 4.00. The number of fused-ring (bicyclic) bond motifs is 18. The van der Waals surface area contributed by atoms with Crippen molar-refractivity contribution in [1.29, 1.82) is 0 Å². The summed E-state index contributed by atoms with van der Waals surface area (Å²) in [6.45, 7) is 0. The van der Waals surface area contributed by atoms with Gasteiger partial charge in [0.05, 0.1) is 49.7 Å². The molecule has 0 radical (unpaired) electrons. The lowest BCUT2D eigenvalue weighted by Gasteiger charge is -2.16. The maximum absolute atomic E-state index is 5.65. The average molecular weight is 724 g/mol. The summed E-state index contributed by atoms with van der Waals surface area (Å²) in [5.74, 6) is 1.59. The van der Waals surface area contributed by atoms with Gasteiger partial charge in [0.1, 0.15) is 0 Å². The Morgan fingerprint density at radius 3 is 1.44 bits per heavy atom. The Morgan fingerprint density at radius 1 is 0.298 bits per heavy atom. The van der Waals surface area contributed by atoms with E-state index in [1.54, 1.807) is 0 Å². The van der Waals surface area contributed by atoms with Gasteiger partial charge in [0, 0.05) is 43.1 Å². The molecule has 0 aliphatic heterocycles. The summed E-state index contributed by atoms with van der Waals surface area (Å²) in [5.41, 5.74) is 9.81. The van der Waals surface area contributed by atoms with Gasteiger partial charge in [0.2, 0.25) is 0 Å². The van der Waals surface area contributed by atoms with Crippen LogP contribution < -0.4 is 0 Å². The fourth-order valence-corrected chi connectivity index (χ4v) is 10.3. The molecule has 5 nitrogen and oxygen atoms in total. The maximum atomic E-state index is 5.65. The summed E-state index contributed by atoms with van der Waals surface area (Å²) in [7, 11) is 0. The standard InChI is InChI=1S/C52H29N5/c1-3-15-32-30(13-1)25-27-43-46(32)35-18-6-12-24-42(35)56(43)51-52(54-39-21-9-8-20-38(39)53-51)57-44-28-26-31-14-2-4-16-33(31)47(44)49-45(57)29-37-34-17-5-10-22-40(34)55-41-23-11-7-19-36(41)48(49)50(37)55/h1-29H. The monoisotopic (exact) mass is 723 g/mol. The van der Waals surface area contributed by atoms with E-state index in [2.05, 4.69) is 189 Å². The van der Waals surface area contributed by atoms with E-state index in [1.807, 2.05) is 0 Å². The van der Waals surface area contributed by atoms with Crippen LogP contribution >= 0.6 is 0 Å². The number of aromatic nitrogens is 5. The van der Waals surface area contributed by atoms with Crippen molar-refractivity contribution in [3.8, 4) is 11.6 Å². The molecule has 0 aliphatic carbocycles. The van der Waals surface area contributed by atoms with Crippen LogP contribution in [0.15, 0.2) is 176 Å². The van der Waals surface area contributed by atoms with Crippen LogP contribution in [0.25, 0.3) is 126 Å². The molecule has 0 saturated carbocycles.